The minimum Gasteiger partial charge on any atom is -0.507 e. The molecule has 0 aliphatic carbocycles. The van der Waals surface area contributed by atoms with Crippen molar-refractivity contribution < 1.29 is 19.7 Å². The highest BCUT2D eigenvalue weighted by Gasteiger charge is 2.23. The van der Waals surface area contributed by atoms with Crippen LogP contribution in [0, 0.1) is 5.92 Å². The van der Waals surface area contributed by atoms with Crippen LogP contribution in [0.1, 0.15) is 23.2 Å². The van der Waals surface area contributed by atoms with Gasteiger partial charge in [-0.1, -0.05) is 6.07 Å². The molecule has 0 bridgehead atoms. The molecule has 1 saturated heterocycles. The molecule has 1 amide bonds. The third kappa shape index (κ3) is 3.17. The second-order valence-corrected chi connectivity index (χ2v) is 4.91. The molecule has 1 aliphatic heterocycles. The molecular weight excluding hydrogens is 246 g/mol. The van der Waals surface area contributed by atoms with E-state index in [0.717, 1.165) is 26.1 Å². The van der Waals surface area contributed by atoms with E-state index in [1.165, 1.54) is 18.2 Å². The molecule has 104 valence electrons. The van der Waals surface area contributed by atoms with Crippen molar-refractivity contribution >= 4 is 5.91 Å². The van der Waals surface area contributed by atoms with Crippen LogP contribution in [0.15, 0.2) is 18.2 Å². The van der Waals surface area contributed by atoms with Gasteiger partial charge in [0, 0.05) is 26.8 Å². The maximum Gasteiger partial charge on any atom is 0.261 e. The van der Waals surface area contributed by atoms with Crippen molar-refractivity contribution in [2.24, 2.45) is 5.92 Å². The van der Waals surface area contributed by atoms with Crippen molar-refractivity contribution in [2.75, 3.05) is 26.8 Å². The van der Waals surface area contributed by atoms with E-state index in [4.69, 9.17) is 4.74 Å². The van der Waals surface area contributed by atoms with Gasteiger partial charge in [0.2, 0.25) is 0 Å². The van der Waals surface area contributed by atoms with Crippen molar-refractivity contribution in [3.63, 3.8) is 0 Å². The highest BCUT2D eigenvalue weighted by molar-refractivity contribution is 5.99. The Balaban J connectivity index is 2.06. The highest BCUT2D eigenvalue weighted by Crippen LogP contribution is 2.28. The molecule has 5 nitrogen and oxygen atoms in total. The van der Waals surface area contributed by atoms with Crippen LogP contribution in [-0.4, -0.2) is 47.8 Å². The molecule has 0 unspecified atom stereocenters. The van der Waals surface area contributed by atoms with Gasteiger partial charge in [0.1, 0.15) is 17.1 Å². The Labute approximate surface area is 112 Å². The molecule has 1 fully saturated rings. The molecule has 0 aromatic heterocycles. The molecule has 2 rings (SSSR count). The first-order valence-corrected chi connectivity index (χ1v) is 6.43. The molecule has 0 saturated carbocycles. The minimum atomic E-state index is -0.359. The molecule has 0 radical (unpaired) electrons. The summed E-state index contributed by atoms with van der Waals surface area (Å²) in [6.07, 6.45) is 1.87. The number of nitrogens with zero attached hydrogens (tertiary/aromatic N) is 1. The van der Waals surface area contributed by atoms with E-state index in [2.05, 4.69) is 0 Å². The van der Waals surface area contributed by atoms with Crippen molar-refractivity contribution in [2.45, 2.75) is 12.8 Å². The van der Waals surface area contributed by atoms with Gasteiger partial charge in [0.25, 0.3) is 5.91 Å². The topological polar surface area (TPSA) is 70.0 Å². The standard InChI is InChI=1S/C14H19NO4/c1-15(9-10-5-7-19-8-6-10)14(18)13-11(16)3-2-4-12(13)17/h2-4,10,16-17H,5-9H2,1H3. The monoisotopic (exact) mass is 265 g/mol. The van der Waals surface area contributed by atoms with Gasteiger partial charge in [-0.05, 0) is 30.9 Å². The molecule has 19 heavy (non-hydrogen) atoms. The summed E-state index contributed by atoms with van der Waals surface area (Å²) in [5.41, 5.74) is -0.0305. The van der Waals surface area contributed by atoms with E-state index < -0.39 is 0 Å². The maximum absolute atomic E-state index is 12.2. The largest absolute Gasteiger partial charge is 0.507 e. The fraction of sp³-hybridized carbons (Fsp3) is 0.500. The second-order valence-electron chi connectivity index (χ2n) is 4.91. The quantitative estimate of drug-likeness (QED) is 0.871. The molecule has 0 spiro atoms. The summed E-state index contributed by atoms with van der Waals surface area (Å²) >= 11 is 0. The van der Waals surface area contributed by atoms with E-state index in [0.29, 0.717) is 12.5 Å². The van der Waals surface area contributed by atoms with Crippen molar-refractivity contribution in [1.82, 2.24) is 4.90 Å². The number of carbonyl (C=O) groups is 1. The Morgan fingerprint density at radius 3 is 2.47 bits per heavy atom. The molecular formula is C14H19NO4. The normalized spacial score (nSPS) is 16.3. The summed E-state index contributed by atoms with van der Waals surface area (Å²) in [6, 6.07) is 4.30. The number of amides is 1. The van der Waals surface area contributed by atoms with Gasteiger partial charge in [-0.2, -0.15) is 0 Å². The smallest absolute Gasteiger partial charge is 0.261 e. The molecule has 0 atom stereocenters. The van der Waals surface area contributed by atoms with Crippen LogP contribution in [0.25, 0.3) is 0 Å². The molecule has 2 N–H and O–H groups in total. The summed E-state index contributed by atoms with van der Waals surface area (Å²) < 4.78 is 5.28. The Bertz CT molecular complexity index is 435. The van der Waals surface area contributed by atoms with Gasteiger partial charge in [-0.15, -0.1) is 0 Å². The third-order valence-electron chi connectivity index (χ3n) is 3.45. The fourth-order valence-corrected chi connectivity index (χ4v) is 2.34. The van der Waals surface area contributed by atoms with Crippen LogP contribution in [-0.2, 0) is 4.74 Å². The summed E-state index contributed by atoms with van der Waals surface area (Å²) in [4.78, 5) is 13.8. The van der Waals surface area contributed by atoms with Crippen molar-refractivity contribution in [3.05, 3.63) is 23.8 Å². The Morgan fingerprint density at radius 1 is 1.32 bits per heavy atom. The molecule has 1 aromatic rings. The van der Waals surface area contributed by atoms with Gasteiger partial charge in [0.05, 0.1) is 0 Å². The van der Waals surface area contributed by atoms with Gasteiger partial charge < -0.3 is 19.8 Å². The third-order valence-corrected chi connectivity index (χ3v) is 3.45. The first kappa shape index (κ1) is 13.7. The van der Waals surface area contributed by atoms with E-state index >= 15 is 0 Å². The summed E-state index contributed by atoms with van der Waals surface area (Å²) in [6.45, 7) is 2.07. The lowest BCUT2D eigenvalue weighted by Crippen LogP contribution is -2.34. The zero-order valence-corrected chi connectivity index (χ0v) is 11.0. The number of aromatic hydroxyl groups is 2. The SMILES string of the molecule is CN(CC1CCOCC1)C(=O)c1c(O)cccc1O. The van der Waals surface area contributed by atoms with Crippen LogP contribution in [0.4, 0.5) is 0 Å². The lowest BCUT2D eigenvalue weighted by atomic mass is 9.99. The van der Waals surface area contributed by atoms with E-state index in [1.54, 1.807) is 11.9 Å². The van der Waals surface area contributed by atoms with E-state index in [-0.39, 0.29) is 23.0 Å². The van der Waals surface area contributed by atoms with Crippen molar-refractivity contribution in [3.8, 4) is 11.5 Å². The van der Waals surface area contributed by atoms with E-state index in [9.17, 15) is 15.0 Å². The first-order valence-electron chi connectivity index (χ1n) is 6.43. The Morgan fingerprint density at radius 2 is 1.89 bits per heavy atom. The number of phenols is 2. The van der Waals surface area contributed by atoms with Crippen LogP contribution in [0.3, 0.4) is 0 Å². The number of phenolic OH excluding ortho intramolecular Hbond substituents is 2. The van der Waals surface area contributed by atoms with Gasteiger partial charge in [-0.3, -0.25) is 4.79 Å². The van der Waals surface area contributed by atoms with Crippen molar-refractivity contribution in [1.29, 1.82) is 0 Å². The zero-order valence-electron chi connectivity index (χ0n) is 11.0. The van der Waals surface area contributed by atoms with Gasteiger partial charge in [-0.25, -0.2) is 0 Å². The minimum absolute atomic E-state index is 0.0305. The number of benzene rings is 1. The van der Waals surface area contributed by atoms with E-state index in [1.807, 2.05) is 0 Å². The molecule has 1 heterocycles. The fourth-order valence-electron chi connectivity index (χ4n) is 2.34. The van der Waals surface area contributed by atoms with Gasteiger partial charge in [0.15, 0.2) is 0 Å². The number of hydrogen-bond donors (Lipinski definition) is 2. The first-order chi connectivity index (χ1) is 9.09. The highest BCUT2D eigenvalue weighted by atomic mass is 16.5. The molecule has 1 aromatic carbocycles. The number of hydrogen-bond acceptors (Lipinski definition) is 4. The van der Waals surface area contributed by atoms with Gasteiger partial charge >= 0.3 is 0 Å². The molecule has 5 heteroatoms. The zero-order chi connectivity index (χ0) is 13.8. The van der Waals surface area contributed by atoms with Crippen LogP contribution < -0.4 is 0 Å². The number of rotatable bonds is 3. The average Bonchev–Trinajstić information content (AvgIpc) is 2.39. The second kappa shape index (κ2) is 5.93. The Kier molecular flexibility index (Phi) is 4.27. The number of carbonyl (C=O) groups excluding carboxylic acids is 1. The Hall–Kier alpha value is -1.75. The summed E-state index contributed by atoms with van der Waals surface area (Å²) in [5.74, 6) is -0.328. The summed E-state index contributed by atoms with van der Waals surface area (Å²) in [7, 11) is 1.68. The summed E-state index contributed by atoms with van der Waals surface area (Å²) in [5, 5.41) is 19.4. The predicted molar refractivity (Wildman–Crippen MR) is 70.3 cm³/mol. The van der Waals surface area contributed by atoms with Crippen LogP contribution in [0.2, 0.25) is 0 Å². The van der Waals surface area contributed by atoms with Crippen LogP contribution >= 0.6 is 0 Å². The molecule has 1 aliphatic rings. The number of ether oxygens (including phenoxy) is 1. The lowest BCUT2D eigenvalue weighted by molar-refractivity contribution is 0.0495. The lowest BCUT2D eigenvalue weighted by Gasteiger charge is -2.27. The maximum atomic E-state index is 12.2. The predicted octanol–water partition coefficient (Wildman–Crippen LogP) is 1.60. The average molecular weight is 265 g/mol. The van der Waals surface area contributed by atoms with Crippen LogP contribution in [0.5, 0.6) is 11.5 Å².